The van der Waals surface area contributed by atoms with Gasteiger partial charge < -0.3 is 103 Å². The normalized spacial score (nSPS) is 45.8. The van der Waals surface area contributed by atoms with Crippen LogP contribution >= 0.6 is 0 Å². The number of nitrogens with one attached hydrogen (secondary N) is 2. The van der Waals surface area contributed by atoms with Gasteiger partial charge in [-0.1, -0.05) is 12.2 Å². The van der Waals surface area contributed by atoms with E-state index in [2.05, 4.69) is 10.6 Å². The first-order valence-corrected chi connectivity index (χ1v) is 16.3. The highest BCUT2D eigenvalue weighted by Gasteiger charge is 2.54. The molecule has 0 aromatic heterocycles. The largest absolute Gasteiger partial charge is 0.395 e. The number of hydrogen-bond donors (Lipinski definition) is 14. The minimum atomic E-state index is -1.59. The van der Waals surface area contributed by atoms with Gasteiger partial charge in [-0.2, -0.15) is 0 Å². The zero-order valence-corrected chi connectivity index (χ0v) is 26.7. The van der Waals surface area contributed by atoms with Gasteiger partial charge in [0.05, 0.1) is 43.6 Å². The van der Waals surface area contributed by atoms with E-state index in [1.807, 2.05) is 0 Å². The summed E-state index contributed by atoms with van der Waals surface area (Å²) >= 11 is 0. The fourth-order valence-corrected chi connectivity index (χ4v) is 6.23. The molecule has 1 saturated carbocycles. The Balaban J connectivity index is 1.52. The molecule has 2 saturated heterocycles. The molecule has 0 aromatic rings. The van der Waals surface area contributed by atoms with Crippen LogP contribution in [-0.2, 0) is 28.4 Å². The number of aliphatic hydroxyl groups is 7. The molecule has 0 bridgehead atoms. The van der Waals surface area contributed by atoms with E-state index in [9.17, 15) is 30.6 Å². The molecule has 0 spiro atoms. The number of aliphatic hydroxyl groups excluding tert-OH is 7. The molecule has 0 radical (unpaired) electrons. The fourth-order valence-electron chi connectivity index (χ4n) is 6.23. The molecule has 0 amide bonds. The van der Waals surface area contributed by atoms with Crippen LogP contribution in [0.3, 0.4) is 0 Å². The summed E-state index contributed by atoms with van der Waals surface area (Å²) in [6.45, 7) is -0.108. The van der Waals surface area contributed by atoms with Gasteiger partial charge in [0.1, 0.15) is 48.8 Å². The summed E-state index contributed by atoms with van der Waals surface area (Å²) in [6, 6.07) is -3.45. The van der Waals surface area contributed by atoms with Gasteiger partial charge in [-0.25, -0.2) is 0 Å². The first-order chi connectivity index (χ1) is 22.9. The molecule has 18 atom stereocenters. The van der Waals surface area contributed by atoms with Gasteiger partial charge in [-0.15, -0.1) is 0 Å². The maximum Gasteiger partial charge on any atom is 0.187 e. The Kier molecular flexibility index (Phi) is 15.3. The molecule has 3 aliphatic heterocycles. The van der Waals surface area contributed by atoms with Crippen LogP contribution in [0.25, 0.3) is 0 Å². The van der Waals surface area contributed by atoms with Gasteiger partial charge >= 0.3 is 0 Å². The summed E-state index contributed by atoms with van der Waals surface area (Å²) in [5.41, 5.74) is 30.1. The summed E-state index contributed by atoms with van der Waals surface area (Å²) in [4.78, 5) is 0. The Morgan fingerprint density at radius 2 is 1.48 bits per heavy atom. The Morgan fingerprint density at radius 3 is 2.15 bits per heavy atom. The van der Waals surface area contributed by atoms with Crippen LogP contribution in [0, 0.1) is 0 Å². The second-order valence-electron chi connectivity index (χ2n) is 12.6. The van der Waals surface area contributed by atoms with E-state index in [4.69, 9.17) is 62.2 Å². The second-order valence-corrected chi connectivity index (χ2v) is 12.6. The Morgan fingerprint density at radius 1 is 0.792 bits per heavy atom. The predicted molar refractivity (Wildman–Crippen MR) is 165 cm³/mol. The van der Waals surface area contributed by atoms with Gasteiger partial charge in [0, 0.05) is 44.8 Å². The van der Waals surface area contributed by atoms with E-state index in [1.54, 1.807) is 12.2 Å². The number of rotatable bonds is 16. The van der Waals surface area contributed by atoms with Crippen LogP contribution in [-0.4, -0.2) is 192 Å². The third-order valence-electron chi connectivity index (χ3n) is 9.04. The van der Waals surface area contributed by atoms with E-state index >= 15 is 0 Å². The van der Waals surface area contributed by atoms with Crippen LogP contribution in [0.15, 0.2) is 12.2 Å². The van der Waals surface area contributed by atoms with Crippen molar-refractivity contribution in [1.82, 2.24) is 10.6 Å². The lowest BCUT2D eigenvalue weighted by atomic mass is 9.83. The average Bonchev–Trinajstić information content (AvgIpc) is 3.37. The highest BCUT2D eigenvalue weighted by molar-refractivity contribution is 5.06. The summed E-state index contributed by atoms with van der Waals surface area (Å²) < 4.78 is 35.8. The molecule has 1 aliphatic carbocycles. The first-order valence-electron chi connectivity index (χ1n) is 16.3. The van der Waals surface area contributed by atoms with Crippen molar-refractivity contribution in [3.05, 3.63) is 12.2 Å². The lowest BCUT2D eigenvalue weighted by Gasteiger charge is -2.46. The highest BCUT2D eigenvalue weighted by atomic mass is 16.8. The molecule has 4 aliphatic rings. The lowest BCUT2D eigenvalue weighted by Crippen LogP contribution is -2.66. The van der Waals surface area contributed by atoms with Crippen molar-refractivity contribution in [1.29, 1.82) is 0 Å². The van der Waals surface area contributed by atoms with Crippen molar-refractivity contribution >= 4 is 0 Å². The maximum absolute atomic E-state index is 11.6. The summed E-state index contributed by atoms with van der Waals surface area (Å²) in [6.07, 6.45) is -13.2. The average molecular weight is 698 g/mol. The molecule has 1 unspecified atom stereocenters. The molecule has 3 heterocycles. The summed E-state index contributed by atoms with van der Waals surface area (Å²) in [7, 11) is 0. The van der Waals surface area contributed by atoms with Crippen LogP contribution < -0.4 is 39.3 Å². The van der Waals surface area contributed by atoms with Gasteiger partial charge in [-0.3, -0.25) is 0 Å². The smallest absolute Gasteiger partial charge is 0.187 e. The van der Waals surface area contributed by atoms with Gasteiger partial charge in [0.15, 0.2) is 18.9 Å². The summed E-state index contributed by atoms with van der Waals surface area (Å²) in [5.74, 6) is 0. The van der Waals surface area contributed by atoms with Crippen LogP contribution in [0.5, 0.6) is 0 Å². The van der Waals surface area contributed by atoms with Crippen LogP contribution in [0.4, 0.5) is 0 Å². The second kappa shape index (κ2) is 18.4. The van der Waals surface area contributed by atoms with Crippen molar-refractivity contribution in [2.75, 3.05) is 45.9 Å². The first kappa shape index (κ1) is 39.7. The fraction of sp³-hybridized carbons (Fsp3) is 0.929. The molecule has 280 valence electrons. The topological polar surface area (TPSA) is 351 Å². The summed E-state index contributed by atoms with van der Waals surface area (Å²) in [5, 5.41) is 78.8. The van der Waals surface area contributed by atoms with E-state index in [1.165, 1.54) is 0 Å². The van der Waals surface area contributed by atoms with Gasteiger partial charge in [-0.05, 0) is 6.42 Å². The minimum absolute atomic E-state index is 0.0191. The van der Waals surface area contributed by atoms with Crippen molar-refractivity contribution < 1.29 is 64.2 Å². The molecular formula is C28H55N7O13. The van der Waals surface area contributed by atoms with E-state index < -0.39 is 117 Å². The molecular weight excluding hydrogens is 642 g/mol. The van der Waals surface area contributed by atoms with Crippen molar-refractivity contribution in [2.45, 2.75) is 117 Å². The number of ether oxygens (including phenoxy) is 6. The third kappa shape index (κ3) is 9.43. The molecule has 20 heteroatoms. The zero-order chi connectivity index (χ0) is 35.1. The highest BCUT2D eigenvalue weighted by Crippen LogP contribution is 2.34. The molecule has 48 heavy (non-hydrogen) atoms. The Labute approximate surface area is 278 Å². The van der Waals surface area contributed by atoms with Crippen molar-refractivity contribution in [3.63, 3.8) is 0 Å². The molecule has 0 aromatic carbocycles. The quantitative estimate of drug-likeness (QED) is 0.0526. The molecule has 4 rings (SSSR count). The zero-order valence-electron chi connectivity index (χ0n) is 26.7. The lowest BCUT2D eigenvalue weighted by molar-refractivity contribution is -0.284. The SMILES string of the molecule is NCC(O)CN[C@@H]1C[C@H](N)[C@@H](O[C@H]2O[C@H](CNCCO)C=C[C@H]2N)[C@H](O[C@@H]2O[C@H](CO)[C@@H](O[C@H]3O[C@@H](CN)[C@@H](O)[C@H](O)[C@H]3N)[C@H]2O)[C@H]1O. The minimum Gasteiger partial charge on any atom is -0.395 e. The van der Waals surface area contributed by atoms with Crippen LogP contribution in [0.2, 0.25) is 0 Å². The number of hydrogen-bond acceptors (Lipinski definition) is 20. The van der Waals surface area contributed by atoms with Crippen LogP contribution in [0.1, 0.15) is 6.42 Å². The van der Waals surface area contributed by atoms with E-state index in [0.29, 0.717) is 13.1 Å². The van der Waals surface area contributed by atoms with Crippen molar-refractivity contribution in [3.8, 4) is 0 Å². The van der Waals surface area contributed by atoms with Gasteiger partial charge in [0.2, 0.25) is 0 Å². The van der Waals surface area contributed by atoms with Gasteiger partial charge in [0.25, 0.3) is 0 Å². The number of nitrogens with two attached hydrogens (primary N) is 5. The molecule has 3 fully saturated rings. The standard InChI is InChI=1S/C28H55N7O13/c29-6-11(38)8-35-15-5-14(32)23(46-26-13(31)2-1-12(43-26)9-34-3-4-36)25(19(15)39)48-28-22(42)24(17(10-37)45-28)47-27-18(33)21(41)20(40)16(7-30)44-27/h1-2,11-28,34-42H,3-10,29-33H2/t11?,12-,13+,14-,15+,16-,17+,18+,19-,20+,21+,22+,23+,24+,25+,26+,27+,28-/m0/s1. The monoisotopic (exact) mass is 697 g/mol. The Hall–Kier alpha value is -1.06. The molecule has 20 nitrogen and oxygen atoms in total. The van der Waals surface area contributed by atoms with E-state index in [-0.39, 0.29) is 32.7 Å². The third-order valence-corrected chi connectivity index (χ3v) is 9.04. The maximum atomic E-state index is 11.6. The molecule has 19 N–H and O–H groups in total. The predicted octanol–water partition coefficient (Wildman–Crippen LogP) is -8.49. The van der Waals surface area contributed by atoms with E-state index in [0.717, 1.165) is 0 Å². The van der Waals surface area contributed by atoms with Crippen molar-refractivity contribution in [2.24, 2.45) is 28.7 Å². The Bertz CT molecular complexity index is 994.